The molecule has 1 heterocycles. The molecule has 0 bridgehead atoms. The molecule has 0 amide bonds. The van der Waals surface area contributed by atoms with Crippen LogP contribution in [0.3, 0.4) is 0 Å². The maximum absolute atomic E-state index is 10.8. The standard InChI is InChI=1S/C15H14N2O2/c16-13(15(18)19)7-10-8-17-14-11-4-2-1-3-9(11)5-6-12(10)14/h1-6,8,13,17H,7,16H2,(H,18,19). The molecule has 1 atom stereocenters. The van der Waals surface area contributed by atoms with Gasteiger partial charge < -0.3 is 15.8 Å². The van der Waals surface area contributed by atoms with Gasteiger partial charge in [-0.05, 0) is 10.9 Å². The molecular weight excluding hydrogens is 240 g/mol. The third-order valence-electron chi connectivity index (χ3n) is 3.42. The first-order chi connectivity index (χ1) is 9.16. The predicted octanol–water partition coefficient (Wildman–Crippen LogP) is 2.28. The summed E-state index contributed by atoms with van der Waals surface area (Å²) in [5, 5.41) is 12.2. The van der Waals surface area contributed by atoms with Crippen LogP contribution in [-0.4, -0.2) is 22.1 Å². The van der Waals surface area contributed by atoms with E-state index in [-0.39, 0.29) is 0 Å². The van der Waals surface area contributed by atoms with E-state index in [4.69, 9.17) is 10.8 Å². The lowest BCUT2D eigenvalue weighted by Crippen LogP contribution is -2.32. The Bertz CT molecular complexity index is 761. The van der Waals surface area contributed by atoms with Crippen molar-refractivity contribution in [3.05, 3.63) is 48.2 Å². The molecule has 0 saturated heterocycles. The Labute approximate surface area is 109 Å². The molecular formula is C15H14N2O2. The van der Waals surface area contributed by atoms with Gasteiger partial charge in [-0.1, -0.05) is 36.4 Å². The monoisotopic (exact) mass is 254 g/mol. The van der Waals surface area contributed by atoms with E-state index >= 15 is 0 Å². The van der Waals surface area contributed by atoms with Crippen LogP contribution < -0.4 is 5.73 Å². The van der Waals surface area contributed by atoms with E-state index in [1.54, 1.807) is 0 Å². The van der Waals surface area contributed by atoms with Gasteiger partial charge in [0.2, 0.25) is 0 Å². The van der Waals surface area contributed by atoms with Crippen LogP contribution in [0.15, 0.2) is 42.6 Å². The summed E-state index contributed by atoms with van der Waals surface area (Å²) in [6.45, 7) is 0. The third kappa shape index (κ3) is 1.96. The number of aromatic nitrogens is 1. The van der Waals surface area contributed by atoms with Gasteiger partial charge >= 0.3 is 5.97 Å². The van der Waals surface area contributed by atoms with E-state index in [9.17, 15) is 4.79 Å². The average molecular weight is 254 g/mol. The molecule has 4 heteroatoms. The zero-order valence-electron chi connectivity index (χ0n) is 10.3. The van der Waals surface area contributed by atoms with Gasteiger partial charge in [-0.15, -0.1) is 0 Å². The molecule has 4 N–H and O–H groups in total. The summed E-state index contributed by atoms with van der Waals surface area (Å²) in [5.74, 6) is -0.977. The van der Waals surface area contributed by atoms with Crippen molar-refractivity contribution in [2.75, 3.05) is 0 Å². The highest BCUT2D eigenvalue weighted by atomic mass is 16.4. The lowest BCUT2D eigenvalue weighted by molar-refractivity contribution is -0.138. The van der Waals surface area contributed by atoms with Crippen LogP contribution in [0.25, 0.3) is 21.7 Å². The smallest absolute Gasteiger partial charge is 0.320 e. The highest BCUT2D eigenvalue weighted by molar-refractivity contribution is 6.06. The number of rotatable bonds is 3. The number of aromatic amines is 1. The topological polar surface area (TPSA) is 79.1 Å². The second kappa shape index (κ2) is 4.40. The van der Waals surface area contributed by atoms with Gasteiger partial charge in [-0.25, -0.2) is 0 Å². The minimum absolute atomic E-state index is 0.327. The summed E-state index contributed by atoms with van der Waals surface area (Å²) < 4.78 is 0. The average Bonchev–Trinajstić information content (AvgIpc) is 2.82. The van der Waals surface area contributed by atoms with Crippen molar-refractivity contribution in [2.24, 2.45) is 5.73 Å². The number of carboxylic acid groups (broad SMARTS) is 1. The largest absolute Gasteiger partial charge is 0.480 e. The molecule has 1 aromatic heterocycles. The van der Waals surface area contributed by atoms with Gasteiger partial charge in [0.1, 0.15) is 6.04 Å². The third-order valence-corrected chi connectivity index (χ3v) is 3.42. The van der Waals surface area contributed by atoms with Crippen molar-refractivity contribution in [1.29, 1.82) is 0 Å². The van der Waals surface area contributed by atoms with E-state index in [0.29, 0.717) is 6.42 Å². The van der Waals surface area contributed by atoms with Crippen LogP contribution in [0.4, 0.5) is 0 Å². The molecule has 0 aliphatic carbocycles. The zero-order valence-corrected chi connectivity index (χ0v) is 10.3. The quantitative estimate of drug-likeness (QED) is 0.670. The number of hydrogen-bond acceptors (Lipinski definition) is 2. The van der Waals surface area contributed by atoms with Crippen molar-refractivity contribution in [1.82, 2.24) is 4.98 Å². The van der Waals surface area contributed by atoms with Gasteiger partial charge in [0.15, 0.2) is 0 Å². The van der Waals surface area contributed by atoms with Gasteiger partial charge in [0.05, 0.1) is 5.52 Å². The van der Waals surface area contributed by atoms with Crippen molar-refractivity contribution in [2.45, 2.75) is 12.5 Å². The van der Waals surface area contributed by atoms with Crippen LogP contribution in [0, 0.1) is 0 Å². The lowest BCUT2D eigenvalue weighted by atomic mass is 10.0. The fourth-order valence-electron chi connectivity index (χ4n) is 2.42. The minimum atomic E-state index is -0.977. The fourth-order valence-corrected chi connectivity index (χ4v) is 2.42. The van der Waals surface area contributed by atoms with Gasteiger partial charge in [-0.2, -0.15) is 0 Å². The van der Waals surface area contributed by atoms with Crippen molar-refractivity contribution in [3.8, 4) is 0 Å². The van der Waals surface area contributed by atoms with Gasteiger partial charge in [0.25, 0.3) is 0 Å². The predicted molar refractivity (Wildman–Crippen MR) is 75.1 cm³/mol. The minimum Gasteiger partial charge on any atom is -0.480 e. The normalized spacial score (nSPS) is 12.9. The number of hydrogen-bond donors (Lipinski definition) is 3. The molecule has 3 aromatic rings. The zero-order chi connectivity index (χ0) is 13.4. The van der Waals surface area contributed by atoms with Crippen LogP contribution in [0.2, 0.25) is 0 Å². The molecule has 19 heavy (non-hydrogen) atoms. The Balaban J connectivity index is 2.13. The summed E-state index contributed by atoms with van der Waals surface area (Å²) >= 11 is 0. The Morgan fingerprint density at radius 1 is 1.21 bits per heavy atom. The maximum Gasteiger partial charge on any atom is 0.320 e. The number of fused-ring (bicyclic) bond motifs is 3. The van der Waals surface area contributed by atoms with Crippen LogP contribution in [-0.2, 0) is 11.2 Å². The fraction of sp³-hybridized carbons (Fsp3) is 0.133. The molecule has 0 aliphatic rings. The lowest BCUT2D eigenvalue weighted by Gasteiger charge is -2.05. The molecule has 0 fully saturated rings. The SMILES string of the molecule is NC(Cc1c[nH]c2c1ccc1ccccc12)C(=O)O. The number of nitrogens with one attached hydrogen (secondary N) is 1. The highest BCUT2D eigenvalue weighted by Gasteiger charge is 2.15. The van der Waals surface area contributed by atoms with Crippen molar-refractivity contribution >= 4 is 27.6 Å². The molecule has 4 nitrogen and oxygen atoms in total. The second-order valence-corrected chi connectivity index (χ2v) is 4.67. The number of H-pyrrole nitrogens is 1. The Morgan fingerprint density at radius 2 is 2.00 bits per heavy atom. The molecule has 3 rings (SSSR count). The highest BCUT2D eigenvalue weighted by Crippen LogP contribution is 2.27. The van der Waals surface area contributed by atoms with E-state index in [1.807, 2.05) is 30.5 Å². The van der Waals surface area contributed by atoms with Gasteiger partial charge in [-0.3, -0.25) is 4.79 Å². The first-order valence-electron chi connectivity index (χ1n) is 6.13. The maximum atomic E-state index is 10.8. The molecule has 0 aliphatic heterocycles. The number of aliphatic carboxylic acids is 1. The van der Waals surface area contributed by atoms with Crippen LogP contribution in [0.1, 0.15) is 5.56 Å². The molecule has 2 aromatic carbocycles. The van der Waals surface area contributed by atoms with E-state index in [2.05, 4.69) is 17.1 Å². The molecule has 0 radical (unpaired) electrons. The number of benzene rings is 2. The molecule has 96 valence electrons. The number of nitrogens with two attached hydrogens (primary N) is 1. The summed E-state index contributed by atoms with van der Waals surface area (Å²) in [6.07, 6.45) is 2.17. The first kappa shape index (κ1) is 11.7. The summed E-state index contributed by atoms with van der Waals surface area (Å²) in [5.41, 5.74) is 7.57. The number of carboxylic acids is 1. The molecule has 0 saturated carbocycles. The number of carbonyl (C=O) groups is 1. The van der Waals surface area contributed by atoms with Crippen LogP contribution >= 0.6 is 0 Å². The second-order valence-electron chi connectivity index (χ2n) is 4.67. The van der Waals surface area contributed by atoms with Crippen LogP contribution in [0.5, 0.6) is 0 Å². The van der Waals surface area contributed by atoms with Crippen molar-refractivity contribution in [3.63, 3.8) is 0 Å². The first-order valence-corrected chi connectivity index (χ1v) is 6.13. The summed E-state index contributed by atoms with van der Waals surface area (Å²) in [6, 6.07) is 11.3. The van der Waals surface area contributed by atoms with Crippen molar-refractivity contribution < 1.29 is 9.90 Å². The van der Waals surface area contributed by atoms with E-state index in [1.165, 1.54) is 0 Å². The Hall–Kier alpha value is -2.33. The Morgan fingerprint density at radius 3 is 2.79 bits per heavy atom. The Kier molecular flexibility index (Phi) is 2.72. The summed E-state index contributed by atoms with van der Waals surface area (Å²) in [4.78, 5) is 14.1. The van der Waals surface area contributed by atoms with Gasteiger partial charge in [0, 0.05) is 23.4 Å². The van der Waals surface area contributed by atoms with E-state index in [0.717, 1.165) is 27.2 Å². The molecule has 1 unspecified atom stereocenters. The molecule has 0 spiro atoms. The summed E-state index contributed by atoms with van der Waals surface area (Å²) in [7, 11) is 0. The van der Waals surface area contributed by atoms with E-state index < -0.39 is 12.0 Å².